The first-order chi connectivity index (χ1) is 16.3. The number of carbonyl (C=O) groups is 2. The summed E-state index contributed by atoms with van der Waals surface area (Å²) in [7, 11) is 1.90. The lowest BCUT2D eigenvalue weighted by Crippen LogP contribution is -2.47. The minimum atomic E-state index is -0.192. The molecule has 2 aromatic carbocycles. The second kappa shape index (κ2) is 8.56. The van der Waals surface area contributed by atoms with Crippen molar-refractivity contribution < 1.29 is 9.59 Å². The predicted molar refractivity (Wildman–Crippen MR) is 138 cm³/mol. The van der Waals surface area contributed by atoms with Crippen molar-refractivity contribution in [2.24, 2.45) is 7.05 Å². The van der Waals surface area contributed by atoms with Crippen molar-refractivity contribution in [3.63, 3.8) is 0 Å². The van der Waals surface area contributed by atoms with Crippen molar-refractivity contribution in [1.82, 2.24) is 9.78 Å². The highest BCUT2D eigenvalue weighted by Crippen LogP contribution is 2.43. The molecule has 0 saturated carbocycles. The van der Waals surface area contributed by atoms with E-state index < -0.39 is 0 Å². The maximum Gasteiger partial charge on any atom is 0.268 e. The minimum absolute atomic E-state index is 0.0279. The molecule has 1 aliphatic heterocycles. The minimum Gasteiger partial charge on any atom is -0.305 e. The van der Waals surface area contributed by atoms with Crippen LogP contribution in [0.5, 0.6) is 0 Å². The maximum absolute atomic E-state index is 13.8. The summed E-state index contributed by atoms with van der Waals surface area (Å²) in [5.41, 5.74) is 3.50. The van der Waals surface area contributed by atoms with Crippen LogP contribution in [-0.4, -0.2) is 27.6 Å². The van der Waals surface area contributed by atoms with Crippen LogP contribution in [0.1, 0.15) is 47.2 Å². The van der Waals surface area contributed by atoms with E-state index in [-0.39, 0.29) is 23.9 Å². The van der Waals surface area contributed by atoms with Gasteiger partial charge in [0.05, 0.1) is 16.6 Å². The van der Waals surface area contributed by atoms with Gasteiger partial charge in [0.2, 0.25) is 5.91 Å². The van der Waals surface area contributed by atoms with Crippen LogP contribution in [0.15, 0.2) is 54.6 Å². The monoisotopic (exact) mass is 492 g/mol. The largest absolute Gasteiger partial charge is 0.305 e. The molecule has 1 aliphatic rings. The van der Waals surface area contributed by atoms with Crippen molar-refractivity contribution >= 4 is 56.3 Å². The Balaban J connectivity index is 1.57. The first-order valence-corrected chi connectivity index (χ1v) is 12.4. The van der Waals surface area contributed by atoms with E-state index >= 15 is 0 Å². The summed E-state index contributed by atoms with van der Waals surface area (Å²) in [5.74, 6) is -0.0820. The molecule has 5 rings (SSSR count). The number of thiophene rings is 1. The number of hydrogen-bond donors (Lipinski definition) is 0. The number of fused-ring (bicyclic) bond motifs is 2. The number of para-hydroxylation sites is 1. The van der Waals surface area contributed by atoms with Crippen molar-refractivity contribution in [3.8, 4) is 0 Å². The lowest BCUT2D eigenvalue weighted by molar-refractivity contribution is -0.117. The normalized spacial score (nSPS) is 17.6. The number of benzene rings is 2. The van der Waals surface area contributed by atoms with Crippen LogP contribution in [0.4, 0.5) is 11.4 Å². The quantitative estimate of drug-likeness (QED) is 0.345. The van der Waals surface area contributed by atoms with Crippen LogP contribution >= 0.6 is 22.9 Å². The Hall–Kier alpha value is -3.16. The fourth-order valence-corrected chi connectivity index (χ4v) is 6.13. The molecule has 0 aliphatic carbocycles. The molecule has 34 heavy (non-hydrogen) atoms. The summed E-state index contributed by atoms with van der Waals surface area (Å²) in [6.45, 7) is 5.58. The zero-order chi connectivity index (χ0) is 24.1. The van der Waals surface area contributed by atoms with Gasteiger partial charge < -0.3 is 9.80 Å². The molecule has 4 aromatic rings. The topological polar surface area (TPSA) is 58.4 Å². The third-order valence-corrected chi connectivity index (χ3v) is 7.88. The van der Waals surface area contributed by atoms with Crippen LogP contribution < -0.4 is 9.80 Å². The van der Waals surface area contributed by atoms with Gasteiger partial charge in [0, 0.05) is 41.8 Å². The Kier molecular flexibility index (Phi) is 5.70. The number of amides is 2. The van der Waals surface area contributed by atoms with Gasteiger partial charge in [-0.25, -0.2) is 0 Å². The molecule has 2 amide bonds. The lowest BCUT2D eigenvalue weighted by Gasteiger charge is -2.43. The molecule has 2 aromatic heterocycles. The van der Waals surface area contributed by atoms with E-state index in [9.17, 15) is 9.59 Å². The fraction of sp³-hybridized carbons (Fsp3) is 0.269. The van der Waals surface area contributed by atoms with Crippen LogP contribution in [0.2, 0.25) is 5.02 Å². The Morgan fingerprint density at radius 1 is 1.15 bits per heavy atom. The molecule has 2 atom stereocenters. The summed E-state index contributed by atoms with van der Waals surface area (Å²) in [5, 5.41) is 6.08. The van der Waals surface area contributed by atoms with Gasteiger partial charge >= 0.3 is 0 Å². The predicted octanol–water partition coefficient (Wildman–Crippen LogP) is 6.13. The standard InChI is InChI=1S/C26H25ClN4O2S/c1-15-13-23(31(17(3)32)19-11-9-18(27)10-12-19)20-7-5-6-8-22(20)30(15)25(33)24-14-21-16(2)28-29(4)26(21)34-24/h5-12,14-15,23H,13H2,1-4H3/t15-,23+/m0/s1. The smallest absolute Gasteiger partial charge is 0.268 e. The van der Waals surface area contributed by atoms with E-state index in [1.54, 1.807) is 19.1 Å². The molecule has 0 N–H and O–H groups in total. The van der Waals surface area contributed by atoms with Crippen molar-refractivity contribution in [2.75, 3.05) is 9.80 Å². The number of nitrogens with zero attached hydrogens (tertiary/aromatic N) is 4. The molecule has 0 radical (unpaired) electrons. The number of carbonyl (C=O) groups excluding carboxylic acids is 2. The molecule has 174 valence electrons. The van der Waals surface area contributed by atoms with Gasteiger partial charge in [0.25, 0.3) is 5.91 Å². The molecule has 0 unspecified atom stereocenters. The molecule has 8 heteroatoms. The highest BCUT2D eigenvalue weighted by molar-refractivity contribution is 7.20. The zero-order valence-corrected chi connectivity index (χ0v) is 21.0. The van der Waals surface area contributed by atoms with Gasteiger partial charge in [-0.2, -0.15) is 5.10 Å². The molecule has 0 spiro atoms. The Morgan fingerprint density at radius 2 is 1.85 bits per heavy atom. The molecule has 3 heterocycles. The Morgan fingerprint density at radius 3 is 2.53 bits per heavy atom. The van der Waals surface area contributed by atoms with Crippen molar-refractivity contribution in [2.45, 2.75) is 39.3 Å². The highest BCUT2D eigenvalue weighted by atomic mass is 35.5. The number of aryl methyl sites for hydroxylation is 2. The zero-order valence-electron chi connectivity index (χ0n) is 19.4. The van der Waals surface area contributed by atoms with E-state index in [1.165, 1.54) is 11.3 Å². The molecular weight excluding hydrogens is 468 g/mol. The van der Waals surface area contributed by atoms with Crippen LogP contribution in [-0.2, 0) is 11.8 Å². The van der Waals surface area contributed by atoms with E-state index in [1.807, 2.05) is 77.8 Å². The van der Waals surface area contributed by atoms with Crippen molar-refractivity contribution in [3.05, 3.63) is 75.8 Å². The van der Waals surface area contributed by atoms with Gasteiger partial charge in [0.1, 0.15) is 4.83 Å². The summed E-state index contributed by atoms with van der Waals surface area (Å²) in [6, 6.07) is 16.8. The second-order valence-electron chi connectivity index (χ2n) is 8.74. The SMILES string of the molecule is CC(=O)N(c1ccc(Cl)cc1)[C@@H]1C[C@H](C)N(C(=O)c2cc3c(C)nn(C)c3s2)c2ccccc21. The number of rotatable bonds is 3. The van der Waals surface area contributed by atoms with Crippen LogP contribution in [0, 0.1) is 6.92 Å². The van der Waals surface area contributed by atoms with E-state index in [2.05, 4.69) is 5.10 Å². The maximum atomic E-state index is 13.8. The van der Waals surface area contributed by atoms with Gasteiger partial charge in [0.15, 0.2) is 0 Å². The van der Waals surface area contributed by atoms with E-state index in [4.69, 9.17) is 11.6 Å². The van der Waals surface area contributed by atoms with Gasteiger partial charge in [-0.1, -0.05) is 29.8 Å². The summed E-state index contributed by atoms with van der Waals surface area (Å²) in [6.07, 6.45) is 0.621. The molecule has 0 bridgehead atoms. The summed E-state index contributed by atoms with van der Waals surface area (Å²) in [4.78, 5) is 32.0. The van der Waals surface area contributed by atoms with Gasteiger partial charge in [-0.3, -0.25) is 14.3 Å². The van der Waals surface area contributed by atoms with Crippen LogP contribution in [0.3, 0.4) is 0 Å². The van der Waals surface area contributed by atoms with E-state index in [0.717, 1.165) is 32.8 Å². The average Bonchev–Trinajstić information content (AvgIpc) is 3.36. The summed E-state index contributed by atoms with van der Waals surface area (Å²) >= 11 is 7.55. The lowest BCUT2D eigenvalue weighted by atomic mass is 9.89. The number of aromatic nitrogens is 2. The highest BCUT2D eigenvalue weighted by Gasteiger charge is 2.38. The Bertz CT molecular complexity index is 1370. The van der Waals surface area contributed by atoms with E-state index in [0.29, 0.717) is 16.3 Å². The average molecular weight is 493 g/mol. The molecule has 6 nitrogen and oxygen atoms in total. The van der Waals surface area contributed by atoms with Crippen LogP contribution in [0.25, 0.3) is 10.2 Å². The number of hydrogen-bond acceptors (Lipinski definition) is 4. The molecule has 0 fully saturated rings. The molecular formula is C26H25ClN4O2S. The van der Waals surface area contributed by atoms with Gasteiger partial charge in [-0.05, 0) is 62.2 Å². The first kappa shape index (κ1) is 22.6. The Labute approximate surface area is 207 Å². The number of anilines is 2. The third-order valence-electron chi connectivity index (χ3n) is 6.44. The number of halogens is 1. The second-order valence-corrected chi connectivity index (χ2v) is 10.2. The van der Waals surface area contributed by atoms with Crippen molar-refractivity contribution in [1.29, 1.82) is 0 Å². The first-order valence-electron chi connectivity index (χ1n) is 11.2. The third kappa shape index (κ3) is 3.69. The summed E-state index contributed by atoms with van der Waals surface area (Å²) < 4.78 is 1.83. The van der Waals surface area contributed by atoms with Gasteiger partial charge in [-0.15, -0.1) is 11.3 Å². The fourth-order valence-electron chi connectivity index (χ4n) is 4.95. The molecule has 0 saturated heterocycles.